The smallest absolute Gasteiger partial charge is 0.319 e. The fraction of sp³-hybridized carbons (Fsp3) is 0.0500. The number of hydrogen-bond acceptors (Lipinski definition) is 3. The van der Waals surface area contributed by atoms with Gasteiger partial charge < -0.3 is 5.32 Å². The number of hydrogen-bond donors (Lipinski definition) is 1. The van der Waals surface area contributed by atoms with E-state index in [1.54, 1.807) is 6.07 Å². The van der Waals surface area contributed by atoms with Gasteiger partial charge in [-0.15, -0.1) is 0 Å². The Hall–Kier alpha value is -3.17. The van der Waals surface area contributed by atoms with Crippen LogP contribution in [0.25, 0.3) is 16.9 Å². The van der Waals surface area contributed by atoms with Crippen molar-refractivity contribution in [2.24, 2.45) is 0 Å². The monoisotopic (exact) mass is 468 g/mol. The highest BCUT2D eigenvalue weighted by molar-refractivity contribution is 6.44. The van der Waals surface area contributed by atoms with Crippen LogP contribution in [0.5, 0.6) is 0 Å². The molecule has 158 valence electrons. The third-order valence-electron chi connectivity index (χ3n) is 4.29. The van der Waals surface area contributed by atoms with Crippen LogP contribution < -0.4 is 5.32 Å². The minimum absolute atomic E-state index is 0.0513. The average Bonchev–Trinajstić information content (AvgIpc) is 3.14. The Kier molecular flexibility index (Phi) is 5.32. The largest absolute Gasteiger partial charge is 0.433 e. The van der Waals surface area contributed by atoms with Crippen LogP contribution in [0.3, 0.4) is 0 Å². The van der Waals surface area contributed by atoms with Crippen LogP contribution in [0, 0.1) is 5.82 Å². The van der Waals surface area contributed by atoms with Gasteiger partial charge >= 0.3 is 6.18 Å². The molecule has 0 radical (unpaired) electrons. The second-order valence-corrected chi connectivity index (χ2v) is 7.17. The lowest BCUT2D eigenvalue weighted by Gasteiger charge is -2.11. The number of nitrogens with zero attached hydrogens (tertiary/aromatic N) is 3. The van der Waals surface area contributed by atoms with E-state index in [0.29, 0.717) is 4.52 Å². The number of alkyl halides is 3. The van der Waals surface area contributed by atoms with Gasteiger partial charge in [-0.25, -0.2) is 13.9 Å². The van der Waals surface area contributed by atoms with Crippen LogP contribution in [0.15, 0.2) is 54.6 Å². The highest BCUT2D eigenvalue weighted by Gasteiger charge is 2.35. The molecule has 0 saturated heterocycles. The number of halogens is 6. The van der Waals surface area contributed by atoms with Crippen LogP contribution in [0.1, 0.15) is 16.2 Å². The molecule has 0 aliphatic rings. The van der Waals surface area contributed by atoms with E-state index >= 15 is 0 Å². The van der Waals surface area contributed by atoms with E-state index in [4.69, 9.17) is 23.2 Å². The van der Waals surface area contributed by atoms with Crippen molar-refractivity contribution in [3.05, 3.63) is 81.8 Å². The topological polar surface area (TPSA) is 59.3 Å². The zero-order valence-electron chi connectivity index (χ0n) is 15.2. The maximum atomic E-state index is 13.7. The first-order valence-corrected chi connectivity index (χ1v) is 9.38. The summed E-state index contributed by atoms with van der Waals surface area (Å²) in [5, 5.41) is 6.49. The highest BCUT2D eigenvalue weighted by atomic mass is 35.5. The van der Waals surface area contributed by atoms with E-state index in [2.05, 4.69) is 15.4 Å². The molecule has 0 unspecified atom stereocenters. The van der Waals surface area contributed by atoms with Gasteiger partial charge in [-0.2, -0.15) is 18.3 Å². The molecule has 0 saturated carbocycles. The number of carbonyl (C=O) groups excluding carboxylic acids is 1. The van der Waals surface area contributed by atoms with Crippen LogP contribution in [0.2, 0.25) is 10.0 Å². The predicted molar refractivity (Wildman–Crippen MR) is 108 cm³/mol. The van der Waals surface area contributed by atoms with Crippen molar-refractivity contribution in [3.8, 4) is 11.3 Å². The third-order valence-corrected chi connectivity index (χ3v) is 5.11. The van der Waals surface area contributed by atoms with Crippen LogP contribution in [-0.2, 0) is 6.18 Å². The van der Waals surface area contributed by atoms with Gasteiger partial charge in [0, 0.05) is 11.6 Å². The zero-order chi connectivity index (χ0) is 22.3. The Morgan fingerprint density at radius 2 is 1.74 bits per heavy atom. The van der Waals surface area contributed by atoms with Gasteiger partial charge in [-0.05, 0) is 42.5 Å². The van der Waals surface area contributed by atoms with Crippen molar-refractivity contribution in [2.75, 3.05) is 5.32 Å². The Morgan fingerprint density at radius 1 is 1.03 bits per heavy atom. The Bertz CT molecular complexity index is 1300. The summed E-state index contributed by atoms with van der Waals surface area (Å²) in [6.45, 7) is 0. The molecule has 2 aromatic heterocycles. The van der Waals surface area contributed by atoms with Gasteiger partial charge in [0.15, 0.2) is 17.0 Å². The second kappa shape index (κ2) is 7.82. The summed E-state index contributed by atoms with van der Waals surface area (Å²) in [4.78, 5) is 16.7. The standard InChI is InChI=1S/C20H10Cl2F4N4O/c21-12-2-1-3-13(18(12)22)28-19(31)15-9-17-27-14(10-4-6-11(23)7-5-10)8-16(20(24,25)26)30(17)29-15/h1-9H,(H,28,31). The van der Waals surface area contributed by atoms with E-state index in [0.717, 1.165) is 24.3 Å². The molecule has 4 aromatic rings. The molecule has 5 nitrogen and oxygen atoms in total. The molecular formula is C20H10Cl2F4N4O. The first kappa shape index (κ1) is 21.1. The maximum absolute atomic E-state index is 13.7. The molecule has 1 amide bonds. The normalized spacial score (nSPS) is 11.7. The number of carbonyl (C=O) groups is 1. The number of aromatic nitrogens is 3. The summed E-state index contributed by atoms with van der Waals surface area (Å²) < 4.78 is 54.7. The summed E-state index contributed by atoms with van der Waals surface area (Å²) in [5.74, 6) is -1.34. The molecule has 0 atom stereocenters. The molecule has 4 rings (SSSR count). The van der Waals surface area contributed by atoms with Crippen molar-refractivity contribution in [1.82, 2.24) is 14.6 Å². The minimum atomic E-state index is -4.79. The number of nitrogens with one attached hydrogen (secondary N) is 1. The van der Waals surface area contributed by atoms with E-state index in [-0.39, 0.29) is 38.3 Å². The second-order valence-electron chi connectivity index (χ2n) is 6.39. The highest BCUT2D eigenvalue weighted by Crippen LogP contribution is 2.33. The molecule has 2 aromatic carbocycles. The number of fused-ring (bicyclic) bond motifs is 1. The fourth-order valence-corrected chi connectivity index (χ4v) is 3.19. The average molecular weight is 469 g/mol. The molecule has 1 N–H and O–H groups in total. The Morgan fingerprint density at radius 3 is 2.42 bits per heavy atom. The summed E-state index contributed by atoms with van der Waals surface area (Å²) in [6, 6.07) is 11.3. The van der Waals surface area contributed by atoms with Crippen molar-refractivity contribution in [2.45, 2.75) is 6.18 Å². The molecule has 0 fully saturated rings. The predicted octanol–water partition coefficient (Wildman–Crippen LogP) is 6.11. The zero-order valence-corrected chi connectivity index (χ0v) is 16.7. The van der Waals surface area contributed by atoms with Gasteiger partial charge in [-0.3, -0.25) is 4.79 Å². The Balaban J connectivity index is 1.79. The first-order chi connectivity index (χ1) is 14.6. The van der Waals surface area contributed by atoms with Gasteiger partial charge in [0.2, 0.25) is 0 Å². The van der Waals surface area contributed by atoms with Gasteiger partial charge in [0.1, 0.15) is 5.82 Å². The van der Waals surface area contributed by atoms with Gasteiger partial charge in [0.05, 0.1) is 21.4 Å². The number of benzene rings is 2. The summed E-state index contributed by atoms with van der Waals surface area (Å²) in [5.41, 5.74) is -1.28. The van der Waals surface area contributed by atoms with Gasteiger partial charge in [-0.1, -0.05) is 29.3 Å². The van der Waals surface area contributed by atoms with Gasteiger partial charge in [0.25, 0.3) is 5.91 Å². The minimum Gasteiger partial charge on any atom is -0.319 e. The number of anilines is 1. The molecule has 0 aliphatic heterocycles. The van der Waals surface area contributed by atoms with Crippen molar-refractivity contribution < 1.29 is 22.4 Å². The lowest BCUT2D eigenvalue weighted by Crippen LogP contribution is -2.16. The first-order valence-electron chi connectivity index (χ1n) is 8.63. The summed E-state index contributed by atoms with van der Waals surface area (Å²) >= 11 is 11.9. The quantitative estimate of drug-likeness (QED) is 0.368. The van der Waals surface area contributed by atoms with E-state index in [1.165, 1.54) is 24.3 Å². The van der Waals surface area contributed by atoms with Crippen molar-refractivity contribution in [3.63, 3.8) is 0 Å². The van der Waals surface area contributed by atoms with Crippen molar-refractivity contribution >= 4 is 40.4 Å². The van der Waals surface area contributed by atoms with Crippen LogP contribution >= 0.6 is 23.2 Å². The summed E-state index contributed by atoms with van der Waals surface area (Å²) in [7, 11) is 0. The number of rotatable bonds is 3. The molecule has 11 heteroatoms. The lowest BCUT2D eigenvalue weighted by atomic mass is 10.1. The number of amides is 1. The SMILES string of the molecule is O=C(Nc1cccc(Cl)c1Cl)c1cc2nc(-c3ccc(F)cc3)cc(C(F)(F)F)n2n1. The van der Waals surface area contributed by atoms with Crippen LogP contribution in [-0.4, -0.2) is 20.5 Å². The van der Waals surface area contributed by atoms with E-state index in [1.807, 2.05) is 0 Å². The molecule has 2 heterocycles. The fourth-order valence-electron chi connectivity index (χ4n) is 2.84. The van der Waals surface area contributed by atoms with E-state index < -0.39 is 23.6 Å². The Labute approximate surface area is 182 Å². The molecule has 0 bridgehead atoms. The molecule has 0 spiro atoms. The molecule has 0 aliphatic carbocycles. The third kappa shape index (κ3) is 4.19. The summed E-state index contributed by atoms with van der Waals surface area (Å²) in [6.07, 6.45) is -4.79. The molecular weight excluding hydrogens is 459 g/mol. The molecule has 31 heavy (non-hydrogen) atoms. The van der Waals surface area contributed by atoms with E-state index in [9.17, 15) is 22.4 Å². The maximum Gasteiger partial charge on any atom is 0.433 e. The van der Waals surface area contributed by atoms with Crippen LogP contribution in [0.4, 0.5) is 23.2 Å². The lowest BCUT2D eigenvalue weighted by molar-refractivity contribution is -0.142. The van der Waals surface area contributed by atoms with Crippen molar-refractivity contribution in [1.29, 1.82) is 0 Å².